The Hall–Kier alpha value is -0.300. The fourth-order valence-electron chi connectivity index (χ4n) is 2.52. The lowest BCUT2D eigenvalue weighted by atomic mass is 9.86. The van der Waals surface area contributed by atoms with Gasteiger partial charge in [-0.25, -0.2) is 0 Å². The van der Waals surface area contributed by atoms with Crippen molar-refractivity contribution in [3.8, 4) is 0 Å². The number of aliphatic hydroxyl groups excluding tert-OH is 1. The molecule has 0 fully saturated rings. The molecule has 1 N–H and O–H groups in total. The molecule has 0 bridgehead atoms. The lowest BCUT2D eigenvalue weighted by Gasteiger charge is -2.20. The van der Waals surface area contributed by atoms with E-state index in [2.05, 4.69) is 20.8 Å². The summed E-state index contributed by atoms with van der Waals surface area (Å²) < 4.78 is 0. The summed E-state index contributed by atoms with van der Waals surface area (Å²) in [6.45, 7) is 8.77. The monoisotopic (exact) mass is 196 g/mol. The molecule has 0 saturated heterocycles. The Balaban J connectivity index is 2.58. The average molecular weight is 196 g/mol. The van der Waals surface area contributed by atoms with E-state index in [-0.39, 0.29) is 6.10 Å². The fourth-order valence-corrected chi connectivity index (χ4v) is 2.52. The van der Waals surface area contributed by atoms with E-state index in [0.29, 0.717) is 0 Å². The molecule has 82 valence electrons. The minimum atomic E-state index is -0.149. The van der Waals surface area contributed by atoms with Gasteiger partial charge in [0.15, 0.2) is 0 Å². The third-order valence-corrected chi connectivity index (χ3v) is 3.46. The van der Waals surface area contributed by atoms with E-state index in [1.807, 2.05) is 6.92 Å². The van der Waals surface area contributed by atoms with Crippen molar-refractivity contribution in [3.05, 3.63) is 11.1 Å². The maximum Gasteiger partial charge on any atom is 0.0515 e. The first kappa shape index (κ1) is 11.8. The van der Waals surface area contributed by atoms with E-state index in [9.17, 15) is 5.11 Å². The molecule has 14 heavy (non-hydrogen) atoms. The Bertz CT molecular complexity index is 213. The van der Waals surface area contributed by atoms with Crippen molar-refractivity contribution < 1.29 is 5.11 Å². The predicted molar refractivity (Wildman–Crippen MR) is 61.2 cm³/mol. The minimum absolute atomic E-state index is 0.149. The normalized spacial score (nSPS) is 24.9. The molecule has 1 aliphatic rings. The zero-order chi connectivity index (χ0) is 10.7. The van der Waals surface area contributed by atoms with Gasteiger partial charge >= 0.3 is 0 Å². The second kappa shape index (κ2) is 4.97. The van der Waals surface area contributed by atoms with Crippen molar-refractivity contribution >= 4 is 0 Å². The average Bonchev–Trinajstić information content (AvgIpc) is 2.43. The van der Waals surface area contributed by atoms with Crippen LogP contribution < -0.4 is 0 Å². The summed E-state index contributed by atoms with van der Waals surface area (Å²) in [7, 11) is 0. The van der Waals surface area contributed by atoms with Gasteiger partial charge in [-0.2, -0.15) is 0 Å². The van der Waals surface area contributed by atoms with Gasteiger partial charge in [-0.15, -0.1) is 0 Å². The van der Waals surface area contributed by atoms with Crippen LogP contribution in [-0.2, 0) is 0 Å². The van der Waals surface area contributed by atoms with Crippen LogP contribution in [0.25, 0.3) is 0 Å². The molecule has 0 spiro atoms. The van der Waals surface area contributed by atoms with Crippen molar-refractivity contribution in [1.82, 2.24) is 0 Å². The Morgan fingerprint density at radius 3 is 2.50 bits per heavy atom. The van der Waals surface area contributed by atoms with Crippen LogP contribution >= 0.6 is 0 Å². The highest BCUT2D eigenvalue weighted by Gasteiger charge is 2.25. The molecular formula is C13H24O. The maximum atomic E-state index is 9.30. The van der Waals surface area contributed by atoms with Crippen LogP contribution in [0, 0.1) is 11.8 Å². The summed E-state index contributed by atoms with van der Waals surface area (Å²) in [6, 6.07) is 0. The largest absolute Gasteiger partial charge is 0.393 e. The van der Waals surface area contributed by atoms with E-state index in [1.54, 1.807) is 11.1 Å². The second-order valence-corrected chi connectivity index (χ2v) is 5.08. The van der Waals surface area contributed by atoms with Gasteiger partial charge in [0.25, 0.3) is 0 Å². The molecule has 0 amide bonds. The summed E-state index contributed by atoms with van der Waals surface area (Å²) >= 11 is 0. The maximum absolute atomic E-state index is 9.30. The lowest BCUT2D eigenvalue weighted by molar-refractivity contribution is 0.183. The molecule has 1 rings (SSSR count). The predicted octanol–water partition coefficient (Wildman–Crippen LogP) is 3.53. The van der Waals surface area contributed by atoms with Crippen LogP contribution in [0.2, 0.25) is 0 Å². The Morgan fingerprint density at radius 2 is 2.00 bits per heavy atom. The third kappa shape index (κ3) is 2.84. The van der Waals surface area contributed by atoms with E-state index in [0.717, 1.165) is 24.7 Å². The van der Waals surface area contributed by atoms with Crippen LogP contribution in [-0.4, -0.2) is 11.2 Å². The van der Waals surface area contributed by atoms with Crippen LogP contribution in [0.15, 0.2) is 11.1 Å². The van der Waals surface area contributed by atoms with Crippen LogP contribution in [0.1, 0.15) is 53.4 Å². The summed E-state index contributed by atoms with van der Waals surface area (Å²) in [4.78, 5) is 0. The summed E-state index contributed by atoms with van der Waals surface area (Å²) in [6.07, 6.45) is 4.49. The Kier molecular flexibility index (Phi) is 4.18. The summed E-state index contributed by atoms with van der Waals surface area (Å²) in [5.74, 6) is 1.55. The molecule has 0 heterocycles. The highest BCUT2D eigenvalue weighted by Crippen LogP contribution is 2.39. The van der Waals surface area contributed by atoms with Gasteiger partial charge in [0, 0.05) is 0 Å². The van der Waals surface area contributed by atoms with Crippen molar-refractivity contribution in [2.45, 2.75) is 59.5 Å². The molecule has 0 aromatic carbocycles. The number of hydrogen-bond acceptors (Lipinski definition) is 1. The zero-order valence-corrected chi connectivity index (χ0v) is 10.0. The van der Waals surface area contributed by atoms with Gasteiger partial charge in [0.05, 0.1) is 6.10 Å². The molecule has 0 radical (unpaired) electrons. The van der Waals surface area contributed by atoms with Gasteiger partial charge in [-0.1, -0.05) is 25.0 Å². The topological polar surface area (TPSA) is 20.2 Å². The zero-order valence-electron chi connectivity index (χ0n) is 10.0. The third-order valence-electron chi connectivity index (χ3n) is 3.46. The number of hydrogen-bond donors (Lipinski definition) is 1. The van der Waals surface area contributed by atoms with Gasteiger partial charge < -0.3 is 5.11 Å². The number of allylic oxidation sites excluding steroid dienone is 2. The molecule has 0 saturated carbocycles. The summed E-state index contributed by atoms with van der Waals surface area (Å²) in [5, 5.41) is 9.30. The molecule has 0 aromatic rings. The first-order chi connectivity index (χ1) is 6.52. The van der Waals surface area contributed by atoms with Gasteiger partial charge in [-0.05, 0) is 51.4 Å². The molecule has 0 aromatic heterocycles. The van der Waals surface area contributed by atoms with Gasteiger partial charge in [0.2, 0.25) is 0 Å². The molecule has 1 aliphatic carbocycles. The van der Waals surface area contributed by atoms with Crippen LogP contribution in [0.3, 0.4) is 0 Å². The lowest BCUT2D eigenvalue weighted by Crippen LogP contribution is -2.10. The first-order valence-corrected chi connectivity index (χ1v) is 5.89. The molecule has 2 atom stereocenters. The first-order valence-electron chi connectivity index (χ1n) is 5.89. The van der Waals surface area contributed by atoms with Crippen molar-refractivity contribution in [3.63, 3.8) is 0 Å². The van der Waals surface area contributed by atoms with Gasteiger partial charge in [0.1, 0.15) is 0 Å². The van der Waals surface area contributed by atoms with Crippen molar-refractivity contribution in [2.75, 3.05) is 0 Å². The van der Waals surface area contributed by atoms with Crippen molar-refractivity contribution in [1.29, 1.82) is 0 Å². The smallest absolute Gasteiger partial charge is 0.0515 e. The van der Waals surface area contributed by atoms with Crippen molar-refractivity contribution in [2.24, 2.45) is 11.8 Å². The number of aliphatic hydroxyl groups is 1. The quantitative estimate of drug-likeness (QED) is 0.682. The Morgan fingerprint density at radius 1 is 1.36 bits per heavy atom. The van der Waals surface area contributed by atoms with E-state index < -0.39 is 0 Å². The van der Waals surface area contributed by atoms with Gasteiger partial charge in [-0.3, -0.25) is 0 Å². The highest BCUT2D eigenvalue weighted by atomic mass is 16.3. The standard InChI is InChI=1S/C13H24O/c1-9(2)12-7-5-10(3)13(12)8-6-11(4)14/h9,11-12,14H,5-8H2,1-4H3. The minimum Gasteiger partial charge on any atom is -0.393 e. The molecule has 2 unspecified atom stereocenters. The fraction of sp³-hybridized carbons (Fsp3) is 0.846. The molecule has 1 heteroatoms. The molecule has 1 nitrogen and oxygen atoms in total. The Labute approximate surface area is 88.2 Å². The van der Waals surface area contributed by atoms with Crippen LogP contribution in [0.5, 0.6) is 0 Å². The SMILES string of the molecule is CC1=C(CCC(C)O)C(C(C)C)CC1. The second-order valence-electron chi connectivity index (χ2n) is 5.08. The van der Waals surface area contributed by atoms with E-state index in [1.165, 1.54) is 12.8 Å². The summed E-state index contributed by atoms with van der Waals surface area (Å²) in [5.41, 5.74) is 3.23. The van der Waals surface area contributed by atoms with E-state index in [4.69, 9.17) is 0 Å². The molecular weight excluding hydrogens is 172 g/mol. The molecule has 0 aliphatic heterocycles. The highest BCUT2D eigenvalue weighted by molar-refractivity contribution is 5.21. The number of rotatable bonds is 4. The van der Waals surface area contributed by atoms with E-state index >= 15 is 0 Å². The van der Waals surface area contributed by atoms with Crippen LogP contribution in [0.4, 0.5) is 0 Å².